The van der Waals surface area contributed by atoms with Gasteiger partial charge in [-0.25, -0.2) is 8.42 Å². The first-order valence-electron chi connectivity index (χ1n) is 8.63. The third kappa shape index (κ3) is 4.73. The van der Waals surface area contributed by atoms with Crippen LogP contribution in [-0.4, -0.2) is 37.3 Å². The van der Waals surface area contributed by atoms with E-state index in [2.05, 4.69) is 15.5 Å². The summed E-state index contributed by atoms with van der Waals surface area (Å²) in [5, 5.41) is 11.7. The molecule has 0 aliphatic carbocycles. The molecule has 0 bridgehead atoms. The maximum Gasteiger partial charge on any atom is 0.246 e. The summed E-state index contributed by atoms with van der Waals surface area (Å²) in [4.78, 5) is 12.5. The highest BCUT2D eigenvalue weighted by Gasteiger charge is 2.23. The number of benzene rings is 2. The van der Waals surface area contributed by atoms with E-state index >= 15 is 0 Å². The predicted molar refractivity (Wildman–Crippen MR) is 112 cm³/mol. The van der Waals surface area contributed by atoms with Gasteiger partial charge in [-0.2, -0.15) is 0 Å². The molecule has 1 aromatic heterocycles. The number of aromatic nitrogens is 2. The Morgan fingerprint density at radius 1 is 1.07 bits per heavy atom. The van der Waals surface area contributed by atoms with Crippen LogP contribution in [-0.2, 0) is 21.2 Å². The van der Waals surface area contributed by atoms with Crippen molar-refractivity contribution >= 4 is 38.1 Å². The molecule has 3 aromatic rings. The molecule has 1 N–H and O–H groups in total. The van der Waals surface area contributed by atoms with Crippen molar-refractivity contribution in [1.29, 1.82) is 0 Å². The number of nitrogens with zero attached hydrogens (tertiary/aromatic N) is 3. The van der Waals surface area contributed by atoms with Gasteiger partial charge in [0.05, 0.1) is 11.9 Å². The van der Waals surface area contributed by atoms with E-state index in [9.17, 15) is 13.2 Å². The average Bonchev–Trinajstić information content (AvgIpc) is 3.14. The van der Waals surface area contributed by atoms with Gasteiger partial charge < -0.3 is 0 Å². The minimum absolute atomic E-state index is 0.320. The van der Waals surface area contributed by atoms with Crippen LogP contribution < -0.4 is 9.62 Å². The predicted octanol–water partition coefficient (Wildman–Crippen LogP) is 3.17. The first-order valence-corrected chi connectivity index (χ1v) is 11.3. The summed E-state index contributed by atoms with van der Waals surface area (Å²) in [5.74, 6) is -0.480. The van der Waals surface area contributed by atoms with Crippen molar-refractivity contribution in [2.75, 3.05) is 22.4 Å². The lowest BCUT2D eigenvalue weighted by Crippen LogP contribution is -2.38. The fraction of sp³-hybridized carbons (Fsp3) is 0.211. The minimum atomic E-state index is -3.64. The van der Waals surface area contributed by atoms with Crippen LogP contribution in [0.3, 0.4) is 0 Å². The molecule has 3 rings (SSSR count). The minimum Gasteiger partial charge on any atom is -0.299 e. The number of hydrogen-bond acceptors (Lipinski definition) is 6. The Morgan fingerprint density at radius 2 is 1.75 bits per heavy atom. The highest BCUT2D eigenvalue weighted by atomic mass is 32.2. The SMILES string of the molecule is CCc1ccccc1N(CC(=O)Nc1nnc(-c2ccccc2)s1)S(C)(=O)=O. The first-order chi connectivity index (χ1) is 13.4. The lowest BCUT2D eigenvalue weighted by molar-refractivity contribution is -0.114. The molecule has 0 fully saturated rings. The van der Waals surface area contributed by atoms with Crippen LogP contribution >= 0.6 is 11.3 Å². The molecule has 1 amide bonds. The van der Waals surface area contributed by atoms with Gasteiger partial charge in [0.1, 0.15) is 11.6 Å². The maximum absolute atomic E-state index is 12.5. The van der Waals surface area contributed by atoms with Crippen molar-refractivity contribution in [3.05, 3.63) is 60.2 Å². The number of hydrogen-bond donors (Lipinski definition) is 1. The van der Waals surface area contributed by atoms with E-state index in [4.69, 9.17) is 0 Å². The largest absolute Gasteiger partial charge is 0.299 e. The topological polar surface area (TPSA) is 92.3 Å². The highest BCUT2D eigenvalue weighted by Crippen LogP contribution is 2.27. The van der Waals surface area contributed by atoms with Crippen molar-refractivity contribution in [1.82, 2.24) is 10.2 Å². The van der Waals surface area contributed by atoms with E-state index in [0.29, 0.717) is 22.2 Å². The molecule has 9 heteroatoms. The third-order valence-corrected chi connectivity index (χ3v) is 6.04. The number of para-hydroxylation sites is 1. The maximum atomic E-state index is 12.5. The van der Waals surface area contributed by atoms with E-state index < -0.39 is 15.9 Å². The Balaban J connectivity index is 1.77. The number of carbonyl (C=O) groups excluding carboxylic acids is 1. The first kappa shape index (κ1) is 20.0. The Hall–Kier alpha value is -2.78. The van der Waals surface area contributed by atoms with Gasteiger partial charge in [-0.05, 0) is 18.1 Å². The molecule has 0 spiro atoms. The lowest BCUT2D eigenvalue weighted by atomic mass is 10.1. The summed E-state index contributed by atoms with van der Waals surface area (Å²) in [6, 6.07) is 16.6. The van der Waals surface area contributed by atoms with E-state index in [0.717, 1.165) is 21.7 Å². The fourth-order valence-corrected chi connectivity index (χ4v) is 4.35. The summed E-state index contributed by atoms with van der Waals surface area (Å²) in [6.45, 7) is 1.60. The molecule has 0 unspecified atom stereocenters. The zero-order valence-electron chi connectivity index (χ0n) is 15.5. The van der Waals surface area contributed by atoms with Gasteiger partial charge in [-0.15, -0.1) is 10.2 Å². The van der Waals surface area contributed by atoms with E-state index in [1.165, 1.54) is 11.3 Å². The summed E-state index contributed by atoms with van der Waals surface area (Å²) < 4.78 is 25.7. The number of nitrogens with one attached hydrogen (secondary N) is 1. The molecule has 0 aliphatic rings. The second-order valence-electron chi connectivity index (χ2n) is 6.08. The second kappa shape index (κ2) is 8.49. The monoisotopic (exact) mass is 416 g/mol. The number of amides is 1. The Kier molecular flexibility index (Phi) is 6.05. The van der Waals surface area contributed by atoms with Crippen LogP contribution in [0.1, 0.15) is 12.5 Å². The van der Waals surface area contributed by atoms with Gasteiger partial charge in [0, 0.05) is 5.56 Å². The molecule has 7 nitrogen and oxygen atoms in total. The molecule has 146 valence electrons. The smallest absolute Gasteiger partial charge is 0.246 e. The molecule has 0 radical (unpaired) electrons. The fourth-order valence-electron chi connectivity index (χ4n) is 2.69. The number of carbonyl (C=O) groups is 1. The van der Waals surface area contributed by atoms with E-state index in [1.54, 1.807) is 12.1 Å². The van der Waals surface area contributed by atoms with Gasteiger partial charge in [0.25, 0.3) is 0 Å². The normalized spacial score (nSPS) is 11.2. The lowest BCUT2D eigenvalue weighted by Gasteiger charge is -2.23. The van der Waals surface area contributed by atoms with Crippen LogP contribution in [0.5, 0.6) is 0 Å². The number of rotatable bonds is 7. The Morgan fingerprint density at radius 3 is 2.43 bits per heavy atom. The van der Waals surface area contributed by atoms with Crippen molar-refractivity contribution in [3.8, 4) is 10.6 Å². The highest BCUT2D eigenvalue weighted by molar-refractivity contribution is 7.92. The molecule has 1 heterocycles. The van der Waals surface area contributed by atoms with Crippen molar-refractivity contribution in [3.63, 3.8) is 0 Å². The van der Waals surface area contributed by atoms with Gasteiger partial charge in [0.15, 0.2) is 0 Å². The average molecular weight is 417 g/mol. The Bertz CT molecular complexity index is 1070. The van der Waals surface area contributed by atoms with E-state index in [1.807, 2.05) is 49.4 Å². The van der Waals surface area contributed by atoms with Gasteiger partial charge in [-0.1, -0.05) is 66.8 Å². The van der Waals surface area contributed by atoms with Crippen LogP contribution in [0, 0.1) is 0 Å². The quantitative estimate of drug-likeness (QED) is 0.639. The van der Waals surface area contributed by atoms with Crippen LogP contribution in [0.4, 0.5) is 10.8 Å². The Labute approximate surface area is 168 Å². The third-order valence-electron chi connectivity index (χ3n) is 4.02. The molecule has 0 aliphatic heterocycles. The summed E-state index contributed by atoms with van der Waals surface area (Å²) in [5.41, 5.74) is 2.25. The molecule has 28 heavy (non-hydrogen) atoms. The zero-order chi connectivity index (χ0) is 20.1. The van der Waals surface area contributed by atoms with E-state index in [-0.39, 0.29) is 6.54 Å². The van der Waals surface area contributed by atoms with Crippen LogP contribution in [0.2, 0.25) is 0 Å². The summed E-state index contributed by atoms with van der Waals surface area (Å²) in [7, 11) is -3.64. The standard InChI is InChI=1S/C19H20N4O3S2/c1-3-14-9-7-8-12-16(14)23(28(2,25)26)13-17(24)20-19-22-21-18(27-19)15-10-5-4-6-11-15/h4-12H,3,13H2,1-2H3,(H,20,22,24). The van der Waals surface area contributed by atoms with Crippen LogP contribution in [0.15, 0.2) is 54.6 Å². The summed E-state index contributed by atoms with van der Waals surface area (Å²) in [6.07, 6.45) is 1.74. The molecule has 0 saturated heterocycles. The molecule has 0 atom stereocenters. The van der Waals surface area contributed by atoms with Gasteiger partial charge in [0.2, 0.25) is 21.1 Å². The summed E-state index contributed by atoms with van der Waals surface area (Å²) >= 11 is 1.23. The number of sulfonamides is 1. The molecule has 2 aromatic carbocycles. The van der Waals surface area contributed by atoms with Gasteiger partial charge >= 0.3 is 0 Å². The van der Waals surface area contributed by atoms with Crippen molar-refractivity contribution < 1.29 is 13.2 Å². The zero-order valence-corrected chi connectivity index (χ0v) is 17.1. The molecular weight excluding hydrogens is 396 g/mol. The molecule has 0 saturated carbocycles. The number of anilines is 2. The van der Waals surface area contributed by atoms with Crippen molar-refractivity contribution in [2.45, 2.75) is 13.3 Å². The van der Waals surface area contributed by atoms with Crippen LogP contribution in [0.25, 0.3) is 10.6 Å². The molecular formula is C19H20N4O3S2. The van der Waals surface area contributed by atoms with Gasteiger partial charge in [-0.3, -0.25) is 14.4 Å². The second-order valence-corrected chi connectivity index (χ2v) is 8.96. The van der Waals surface area contributed by atoms with Crippen molar-refractivity contribution in [2.24, 2.45) is 0 Å². The number of aryl methyl sites for hydroxylation is 1.